The van der Waals surface area contributed by atoms with Gasteiger partial charge in [0.25, 0.3) is 0 Å². The molecule has 0 radical (unpaired) electrons. The van der Waals surface area contributed by atoms with E-state index in [9.17, 15) is 0 Å². The van der Waals surface area contributed by atoms with Crippen molar-refractivity contribution in [1.29, 1.82) is 0 Å². The van der Waals surface area contributed by atoms with Gasteiger partial charge in [-0.3, -0.25) is 0 Å². The van der Waals surface area contributed by atoms with E-state index in [0.717, 1.165) is 29.7 Å². The highest BCUT2D eigenvalue weighted by atomic mass is 15.3. The molecule has 5 rings (SSSR count). The molecule has 0 amide bonds. The zero-order valence-electron chi connectivity index (χ0n) is 21.0. The number of piperidine rings is 1. The molecule has 0 unspecified atom stereocenters. The second-order valence-electron chi connectivity index (χ2n) is 11.9. The first-order valence-corrected chi connectivity index (χ1v) is 13.9. The van der Waals surface area contributed by atoms with Crippen molar-refractivity contribution in [3.63, 3.8) is 0 Å². The molecule has 3 aliphatic heterocycles. The van der Waals surface area contributed by atoms with Gasteiger partial charge in [0.15, 0.2) is 0 Å². The summed E-state index contributed by atoms with van der Waals surface area (Å²) < 4.78 is 0. The van der Waals surface area contributed by atoms with Crippen molar-refractivity contribution in [2.75, 3.05) is 44.2 Å². The molecule has 3 heteroatoms. The van der Waals surface area contributed by atoms with E-state index in [1.165, 1.54) is 96.3 Å². The Morgan fingerprint density at radius 1 is 0.938 bits per heavy atom. The first kappa shape index (κ1) is 22.7. The second kappa shape index (κ2) is 9.66. The number of anilines is 1. The molecule has 0 aromatic heterocycles. The normalized spacial score (nSPS) is 33.3. The van der Waals surface area contributed by atoms with Crippen LogP contribution in [0.1, 0.15) is 72.1 Å². The van der Waals surface area contributed by atoms with Crippen LogP contribution in [0.3, 0.4) is 0 Å². The van der Waals surface area contributed by atoms with Crippen LogP contribution in [0, 0.1) is 23.7 Å². The van der Waals surface area contributed by atoms with Gasteiger partial charge in [-0.15, -0.1) is 0 Å². The predicted octanol–water partition coefficient (Wildman–Crippen LogP) is 5.90. The first-order chi connectivity index (χ1) is 15.6. The minimum Gasteiger partial charge on any atom is -0.365 e. The fourth-order valence-electron chi connectivity index (χ4n) is 7.96. The van der Waals surface area contributed by atoms with Gasteiger partial charge in [0.05, 0.1) is 0 Å². The number of unbranched alkanes of at least 4 members (excludes halogenated alkanes) is 1. The Morgan fingerprint density at radius 3 is 2.31 bits per heavy atom. The third kappa shape index (κ3) is 4.25. The Kier molecular flexibility index (Phi) is 6.86. The van der Waals surface area contributed by atoms with E-state index in [0.29, 0.717) is 5.54 Å². The zero-order chi connectivity index (χ0) is 22.1. The lowest BCUT2D eigenvalue weighted by atomic mass is 9.73. The van der Waals surface area contributed by atoms with E-state index in [1.807, 2.05) is 0 Å². The number of hydrogen-bond acceptors (Lipinski definition) is 3. The van der Waals surface area contributed by atoms with Crippen molar-refractivity contribution < 1.29 is 0 Å². The standard InChI is InChI=1S/C29H47N3/c1-4-5-17-30-20-25-21-32(27-9-7-6-8-10-27)29(28(25)22-30)15-18-31(19-16-29)26-13-11-24(12-14-26)23(2)3/h6-10,23-26,28H,4-5,11-22H2,1-3H3/t24?,25-,26?,28-/m1/s1. The summed E-state index contributed by atoms with van der Waals surface area (Å²) in [6, 6.07) is 12.3. The smallest absolute Gasteiger partial charge is 0.0470 e. The van der Waals surface area contributed by atoms with Crippen molar-refractivity contribution in [2.45, 2.75) is 83.7 Å². The minimum absolute atomic E-state index is 0.388. The third-order valence-electron chi connectivity index (χ3n) is 9.92. The summed E-state index contributed by atoms with van der Waals surface area (Å²) in [7, 11) is 0. The van der Waals surface area contributed by atoms with Crippen molar-refractivity contribution in [3.05, 3.63) is 30.3 Å². The fraction of sp³-hybridized carbons (Fsp3) is 0.793. The van der Waals surface area contributed by atoms with Gasteiger partial charge >= 0.3 is 0 Å². The maximum Gasteiger partial charge on any atom is 0.0470 e. The quantitative estimate of drug-likeness (QED) is 0.548. The lowest BCUT2D eigenvalue weighted by molar-refractivity contribution is 0.0635. The molecule has 1 aromatic rings. The van der Waals surface area contributed by atoms with E-state index >= 15 is 0 Å². The molecule has 3 heterocycles. The van der Waals surface area contributed by atoms with Crippen LogP contribution >= 0.6 is 0 Å². The Balaban J connectivity index is 1.29. The Morgan fingerprint density at radius 2 is 1.66 bits per heavy atom. The van der Waals surface area contributed by atoms with Gasteiger partial charge in [0.1, 0.15) is 0 Å². The molecule has 1 saturated carbocycles. The maximum absolute atomic E-state index is 2.90. The lowest BCUT2D eigenvalue weighted by Crippen LogP contribution is -2.58. The van der Waals surface area contributed by atoms with Crippen LogP contribution in [-0.2, 0) is 0 Å². The fourth-order valence-corrected chi connectivity index (χ4v) is 7.96. The monoisotopic (exact) mass is 437 g/mol. The van der Waals surface area contributed by atoms with Crippen LogP contribution in [-0.4, -0.2) is 60.6 Å². The van der Waals surface area contributed by atoms with Gasteiger partial charge in [0, 0.05) is 55.9 Å². The number of hydrogen-bond donors (Lipinski definition) is 0. The van der Waals surface area contributed by atoms with Gasteiger partial charge in [-0.25, -0.2) is 0 Å². The summed E-state index contributed by atoms with van der Waals surface area (Å²) in [6.07, 6.45) is 11.2. The first-order valence-electron chi connectivity index (χ1n) is 13.9. The highest BCUT2D eigenvalue weighted by Crippen LogP contribution is 2.51. The average molecular weight is 438 g/mol. The predicted molar refractivity (Wildman–Crippen MR) is 136 cm³/mol. The Hall–Kier alpha value is -1.06. The van der Waals surface area contributed by atoms with Gasteiger partial charge < -0.3 is 14.7 Å². The van der Waals surface area contributed by atoms with E-state index in [-0.39, 0.29) is 0 Å². The number of para-hydroxylation sites is 1. The lowest BCUT2D eigenvalue weighted by Gasteiger charge is -2.51. The van der Waals surface area contributed by atoms with E-state index in [1.54, 1.807) is 0 Å². The highest BCUT2D eigenvalue weighted by Gasteiger charge is 2.57. The van der Waals surface area contributed by atoms with Crippen LogP contribution in [0.25, 0.3) is 0 Å². The maximum atomic E-state index is 2.90. The van der Waals surface area contributed by atoms with Gasteiger partial charge in [0.2, 0.25) is 0 Å². The van der Waals surface area contributed by atoms with E-state index in [4.69, 9.17) is 0 Å². The molecule has 3 saturated heterocycles. The summed E-state index contributed by atoms with van der Waals surface area (Å²) in [6.45, 7) is 15.1. The van der Waals surface area contributed by atoms with E-state index < -0.39 is 0 Å². The molecular weight excluding hydrogens is 390 g/mol. The molecule has 3 nitrogen and oxygen atoms in total. The van der Waals surface area contributed by atoms with Crippen LogP contribution in [0.2, 0.25) is 0 Å². The van der Waals surface area contributed by atoms with Crippen LogP contribution < -0.4 is 4.90 Å². The van der Waals surface area contributed by atoms with Crippen molar-refractivity contribution in [3.8, 4) is 0 Å². The molecule has 178 valence electrons. The molecule has 1 aliphatic carbocycles. The third-order valence-corrected chi connectivity index (χ3v) is 9.92. The summed E-state index contributed by atoms with van der Waals surface area (Å²) in [5, 5.41) is 0. The molecule has 1 spiro atoms. The SMILES string of the molecule is CCCCN1C[C@@H]2CN(c3ccccc3)C3(CCN(C4CCC(C(C)C)CC4)CC3)[C@@H]2C1. The van der Waals surface area contributed by atoms with E-state index in [2.05, 4.69) is 65.8 Å². The number of rotatable bonds is 6. The van der Waals surface area contributed by atoms with Crippen LogP contribution in [0.4, 0.5) is 5.69 Å². The zero-order valence-corrected chi connectivity index (χ0v) is 21.0. The van der Waals surface area contributed by atoms with Crippen molar-refractivity contribution >= 4 is 5.69 Å². The van der Waals surface area contributed by atoms with Crippen LogP contribution in [0.15, 0.2) is 30.3 Å². The molecule has 32 heavy (non-hydrogen) atoms. The van der Waals surface area contributed by atoms with Crippen molar-refractivity contribution in [2.24, 2.45) is 23.7 Å². The molecular formula is C29H47N3. The number of likely N-dealkylation sites (tertiary alicyclic amines) is 2. The summed E-state index contributed by atoms with van der Waals surface area (Å²) in [5.41, 5.74) is 1.87. The molecule has 2 atom stereocenters. The highest BCUT2D eigenvalue weighted by molar-refractivity contribution is 5.52. The summed E-state index contributed by atoms with van der Waals surface area (Å²) >= 11 is 0. The second-order valence-corrected chi connectivity index (χ2v) is 11.9. The van der Waals surface area contributed by atoms with Crippen molar-refractivity contribution in [1.82, 2.24) is 9.80 Å². The molecule has 4 fully saturated rings. The molecule has 4 aliphatic rings. The Bertz CT molecular complexity index is 715. The minimum atomic E-state index is 0.388. The molecule has 0 N–H and O–H groups in total. The largest absolute Gasteiger partial charge is 0.365 e. The molecule has 1 aromatic carbocycles. The summed E-state index contributed by atoms with van der Waals surface area (Å²) in [4.78, 5) is 8.59. The molecule has 0 bridgehead atoms. The average Bonchev–Trinajstić information content (AvgIpc) is 3.36. The Labute approximate surface area is 197 Å². The van der Waals surface area contributed by atoms with Gasteiger partial charge in [-0.05, 0) is 81.4 Å². The van der Waals surface area contributed by atoms with Gasteiger partial charge in [-0.2, -0.15) is 0 Å². The number of benzene rings is 1. The topological polar surface area (TPSA) is 9.72 Å². The number of nitrogens with zero attached hydrogens (tertiary/aromatic N) is 3. The number of fused-ring (bicyclic) bond motifs is 2. The van der Waals surface area contributed by atoms with Gasteiger partial charge in [-0.1, -0.05) is 45.4 Å². The summed E-state index contributed by atoms with van der Waals surface area (Å²) in [5.74, 6) is 3.56. The van der Waals surface area contributed by atoms with Crippen LogP contribution in [0.5, 0.6) is 0 Å².